The van der Waals surface area contributed by atoms with Gasteiger partial charge in [-0.05, 0) is 42.0 Å². The Morgan fingerprint density at radius 2 is 1.80 bits per heavy atom. The Hall–Kier alpha value is -3.16. The van der Waals surface area contributed by atoms with Crippen LogP contribution in [0.4, 0.5) is 10.1 Å². The van der Waals surface area contributed by atoms with Crippen LogP contribution in [0.3, 0.4) is 0 Å². The fourth-order valence-electron chi connectivity index (χ4n) is 2.99. The molecule has 0 fully saturated rings. The van der Waals surface area contributed by atoms with E-state index in [-0.39, 0.29) is 11.5 Å². The Balaban J connectivity index is 1.75. The molecule has 0 aliphatic rings. The van der Waals surface area contributed by atoms with E-state index in [4.69, 9.17) is 11.6 Å². The molecule has 0 unspecified atom stereocenters. The lowest BCUT2D eigenvalue weighted by Gasteiger charge is -2.12. The van der Waals surface area contributed by atoms with Crippen molar-refractivity contribution in [1.29, 1.82) is 0 Å². The summed E-state index contributed by atoms with van der Waals surface area (Å²) in [5.74, 6) is 0.318. The van der Waals surface area contributed by atoms with Crippen LogP contribution in [0.5, 0.6) is 0 Å². The molecule has 0 spiro atoms. The van der Waals surface area contributed by atoms with Gasteiger partial charge in [-0.2, -0.15) is 0 Å². The smallest absolute Gasteiger partial charge is 0.270 e. The lowest BCUT2D eigenvalue weighted by molar-refractivity contribution is -0.384. The summed E-state index contributed by atoms with van der Waals surface area (Å²) in [7, 11) is 0. The Labute approximate surface area is 181 Å². The number of nitro groups is 1. The van der Waals surface area contributed by atoms with Gasteiger partial charge >= 0.3 is 0 Å². The summed E-state index contributed by atoms with van der Waals surface area (Å²) in [6, 6.07) is 20.1. The molecule has 0 aliphatic heterocycles. The van der Waals surface area contributed by atoms with Crippen molar-refractivity contribution in [2.75, 3.05) is 0 Å². The molecule has 5 nitrogen and oxygen atoms in total. The van der Waals surface area contributed by atoms with Crippen LogP contribution in [0, 0.1) is 15.9 Å². The molecule has 0 aliphatic carbocycles. The van der Waals surface area contributed by atoms with E-state index in [1.165, 1.54) is 36.0 Å². The molecule has 0 radical (unpaired) electrons. The third-order valence-corrected chi connectivity index (χ3v) is 5.72. The van der Waals surface area contributed by atoms with Crippen LogP contribution in [0.15, 0.2) is 84.1 Å². The number of nitro benzene ring substituents is 1. The Bertz CT molecular complexity index is 1190. The number of non-ortho nitro benzene ring substituents is 1. The lowest BCUT2D eigenvalue weighted by atomic mass is 10.1. The van der Waals surface area contributed by atoms with E-state index in [2.05, 4.69) is 4.98 Å². The largest absolute Gasteiger partial charge is 0.287 e. The summed E-state index contributed by atoms with van der Waals surface area (Å²) >= 11 is 7.54. The number of rotatable bonds is 6. The number of nitrogens with zero attached hydrogens (tertiary/aromatic N) is 3. The average molecular weight is 440 g/mol. The van der Waals surface area contributed by atoms with E-state index in [1.54, 1.807) is 36.5 Å². The van der Waals surface area contributed by atoms with Crippen LogP contribution in [0.1, 0.15) is 5.56 Å². The van der Waals surface area contributed by atoms with Crippen molar-refractivity contribution in [3.63, 3.8) is 0 Å². The minimum Gasteiger partial charge on any atom is -0.287 e. The van der Waals surface area contributed by atoms with Crippen molar-refractivity contribution in [1.82, 2.24) is 9.55 Å². The second-order valence-corrected chi connectivity index (χ2v) is 7.84. The minimum atomic E-state index is -0.420. The molecule has 0 bridgehead atoms. The summed E-state index contributed by atoms with van der Waals surface area (Å²) in [4.78, 5) is 15.3. The predicted octanol–water partition coefficient (Wildman–Crippen LogP) is 6.53. The molecule has 3 aromatic carbocycles. The molecule has 4 rings (SSSR count). The third-order valence-electron chi connectivity index (χ3n) is 4.45. The number of benzene rings is 3. The maximum Gasteiger partial charge on any atom is 0.270 e. The van der Waals surface area contributed by atoms with Gasteiger partial charge in [0.1, 0.15) is 5.82 Å². The number of halogens is 2. The molecular weight excluding hydrogens is 425 g/mol. The number of thioether (sulfide) groups is 1. The van der Waals surface area contributed by atoms with Gasteiger partial charge in [0, 0.05) is 34.2 Å². The normalized spacial score (nSPS) is 10.9. The fraction of sp³-hybridized carbons (Fsp3) is 0.0455. The molecular formula is C22H15ClFN3O2S. The predicted molar refractivity (Wildman–Crippen MR) is 117 cm³/mol. The zero-order valence-electron chi connectivity index (χ0n) is 15.5. The van der Waals surface area contributed by atoms with E-state index in [9.17, 15) is 14.5 Å². The van der Waals surface area contributed by atoms with Crippen molar-refractivity contribution >= 4 is 29.1 Å². The summed E-state index contributed by atoms with van der Waals surface area (Å²) in [6.07, 6.45) is 1.70. The van der Waals surface area contributed by atoms with Crippen molar-refractivity contribution in [3.8, 4) is 16.9 Å². The highest BCUT2D eigenvalue weighted by molar-refractivity contribution is 7.98. The van der Waals surface area contributed by atoms with Gasteiger partial charge in [0.05, 0.1) is 16.8 Å². The molecule has 0 atom stereocenters. The molecule has 0 amide bonds. The maximum absolute atomic E-state index is 13.2. The van der Waals surface area contributed by atoms with Crippen LogP contribution < -0.4 is 0 Å². The van der Waals surface area contributed by atoms with Crippen LogP contribution in [0.2, 0.25) is 5.02 Å². The Morgan fingerprint density at radius 1 is 1.07 bits per heavy atom. The number of hydrogen-bond acceptors (Lipinski definition) is 4. The van der Waals surface area contributed by atoms with Crippen molar-refractivity contribution in [2.24, 2.45) is 0 Å². The van der Waals surface area contributed by atoms with Crippen molar-refractivity contribution in [2.45, 2.75) is 10.9 Å². The molecule has 0 saturated heterocycles. The van der Waals surface area contributed by atoms with Crippen LogP contribution in [-0.2, 0) is 5.75 Å². The summed E-state index contributed by atoms with van der Waals surface area (Å²) in [5.41, 5.74) is 3.21. The van der Waals surface area contributed by atoms with Gasteiger partial charge in [-0.25, -0.2) is 9.37 Å². The first-order valence-corrected chi connectivity index (χ1v) is 10.3. The van der Waals surface area contributed by atoms with Crippen molar-refractivity contribution < 1.29 is 9.31 Å². The Kier molecular flexibility index (Phi) is 5.83. The summed E-state index contributed by atoms with van der Waals surface area (Å²) < 4.78 is 15.1. The first-order chi connectivity index (χ1) is 14.5. The highest BCUT2D eigenvalue weighted by atomic mass is 35.5. The van der Waals surface area contributed by atoms with Gasteiger partial charge in [-0.15, -0.1) is 0 Å². The number of hydrogen-bond donors (Lipinski definition) is 0. The van der Waals surface area contributed by atoms with Crippen LogP contribution >= 0.6 is 23.4 Å². The highest BCUT2D eigenvalue weighted by Gasteiger charge is 2.16. The summed E-state index contributed by atoms with van der Waals surface area (Å²) in [5, 5.41) is 12.5. The van der Waals surface area contributed by atoms with E-state index < -0.39 is 4.92 Å². The highest BCUT2D eigenvalue weighted by Crippen LogP contribution is 2.33. The number of aromatic nitrogens is 2. The first-order valence-electron chi connectivity index (χ1n) is 8.97. The monoisotopic (exact) mass is 439 g/mol. The SMILES string of the molecule is O=[N+]([O-])c1cccc(-c2cnc(SCc3ccc(F)cc3)n2-c2ccc(Cl)cc2)c1. The minimum absolute atomic E-state index is 0.0110. The zero-order chi connectivity index (χ0) is 21.1. The Morgan fingerprint density at radius 3 is 2.50 bits per heavy atom. The van der Waals surface area contributed by atoms with E-state index in [1.807, 2.05) is 22.8 Å². The van der Waals surface area contributed by atoms with E-state index in [0.29, 0.717) is 21.5 Å². The zero-order valence-corrected chi connectivity index (χ0v) is 17.1. The fourth-order valence-corrected chi connectivity index (χ4v) is 4.06. The molecule has 8 heteroatoms. The van der Waals surface area contributed by atoms with E-state index in [0.717, 1.165) is 16.9 Å². The van der Waals surface area contributed by atoms with Gasteiger partial charge in [-0.1, -0.05) is 47.6 Å². The average Bonchev–Trinajstić information content (AvgIpc) is 3.18. The molecule has 1 aromatic heterocycles. The lowest BCUT2D eigenvalue weighted by Crippen LogP contribution is -1.99. The van der Waals surface area contributed by atoms with Gasteiger partial charge in [0.25, 0.3) is 5.69 Å². The molecule has 4 aromatic rings. The molecule has 150 valence electrons. The van der Waals surface area contributed by atoms with Crippen molar-refractivity contribution in [3.05, 3.63) is 106 Å². The van der Waals surface area contributed by atoms with Crippen LogP contribution in [0.25, 0.3) is 16.9 Å². The quantitative estimate of drug-likeness (QED) is 0.194. The topological polar surface area (TPSA) is 61.0 Å². The van der Waals surface area contributed by atoms with Gasteiger partial charge in [0.2, 0.25) is 0 Å². The second-order valence-electron chi connectivity index (χ2n) is 6.46. The van der Waals surface area contributed by atoms with Gasteiger partial charge in [0.15, 0.2) is 5.16 Å². The third kappa shape index (κ3) is 4.37. The molecule has 30 heavy (non-hydrogen) atoms. The molecule has 0 N–H and O–H groups in total. The molecule has 0 saturated carbocycles. The summed E-state index contributed by atoms with van der Waals surface area (Å²) in [6.45, 7) is 0. The molecule has 1 heterocycles. The van der Waals surface area contributed by atoms with Gasteiger partial charge in [-0.3, -0.25) is 14.7 Å². The van der Waals surface area contributed by atoms with Crippen LogP contribution in [-0.4, -0.2) is 14.5 Å². The van der Waals surface area contributed by atoms with E-state index >= 15 is 0 Å². The standard InChI is InChI=1S/C22H15ClFN3O2S/c23-17-6-10-19(11-7-17)26-21(16-2-1-3-20(12-16)27(28)29)13-25-22(26)30-14-15-4-8-18(24)9-5-15/h1-13H,14H2. The first kappa shape index (κ1) is 20.1. The maximum atomic E-state index is 13.2. The van der Waals surface area contributed by atoms with Gasteiger partial charge < -0.3 is 0 Å². The second kappa shape index (κ2) is 8.69. The number of imidazole rings is 1.